The second-order valence-corrected chi connectivity index (χ2v) is 12.8. The number of ether oxygens (including phenoxy) is 1. The molecule has 0 spiro atoms. The van der Waals surface area contributed by atoms with E-state index in [9.17, 15) is 9.59 Å². The summed E-state index contributed by atoms with van der Waals surface area (Å²) in [5, 5.41) is 5.45. The number of thiol groups is 1. The highest BCUT2D eigenvalue weighted by molar-refractivity contribution is 7.79. The molecule has 1 aromatic carbocycles. The van der Waals surface area contributed by atoms with E-state index in [1.165, 1.54) is 0 Å². The zero-order valence-corrected chi connectivity index (χ0v) is 31.5. The number of halogens is 1. The zero-order valence-electron chi connectivity index (χ0n) is 29.8. The Morgan fingerprint density at radius 1 is 1.09 bits per heavy atom. The van der Waals surface area contributed by atoms with Gasteiger partial charge in [-0.3, -0.25) is 19.3 Å². The molecular formula is C39H54ClN3O3S. The van der Waals surface area contributed by atoms with Crippen molar-refractivity contribution in [3.8, 4) is 0 Å². The number of aromatic nitrogens is 3. The van der Waals surface area contributed by atoms with Crippen molar-refractivity contribution in [3.63, 3.8) is 0 Å². The Kier molecular flexibility index (Phi) is 16.9. The third-order valence-electron chi connectivity index (χ3n) is 8.36. The summed E-state index contributed by atoms with van der Waals surface area (Å²) in [4.78, 5) is 27.9. The van der Waals surface area contributed by atoms with Crippen molar-refractivity contribution < 1.29 is 14.3 Å². The van der Waals surface area contributed by atoms with E-state index in [1.54, 1.807) is 13.2 Å². The van der Waals surface area contributed by atoms with E-state index < -0.39 is 0 Å². The summed E-state index contributed by atoms with van der Waals surface area (Å²) >= 11 is 10.4. The predicted molar refractivity (Wildman–Crippen MR) is 200 cm³/mol. The van der Waals surface area contributed by atoms with Crippen LogP contribution in [-0.2, 0) is 28.9 Å². The number of hydrogen-bond donors (Lipinski definition) is 1. The van der Waals surface area contributed by atoms with Crippen LogP contribution in [0, 0.1) is 11.8 Å². The molecule has 3 aromatic rings. The molecule has 0 N–H and O–H groups in total. The summed E-state index contributed by atoms with van der Waals surface area (Å²) in [6, 6.07) is 8.25. The van der Waals surface area contributed by atoms with E-state index >= 15 is 0 Å². The van der Waals surface area contributed by atoms with Gasteiger partial charge >= 0.3 is 0 Å². The van der Waals surface area contributed by atoms with E-state index in [4.69, 9.17) is 26.4 Å². The molecule has 47 heavy (non-hydrogen) atoms. The first-order chi connectivity index (χ1) is 22.4. The first-order valence-corrected chi connectivity index (χ1v) is 18.0. The van der Waals surface area contributed by atoms with Crippen LogP contribution in [0.2, 0.25) is 5.02 Å². The van der Waals surface area contributed by atoms with Gasteiger partial charge in [0.1, 0.15) is 5.78 Å². The lowest BCUT2D eigenvalue weighted by Gasteiger charge is -2.26. The van der Waals surface area contributed by atoms with Crippen LogP contribution in [0.25, 0.3) is 5.57 Å². The minimum absolute atomic E-state index is 0.0288. The molecule has 1 aliphatic heterocycles. The van der Waals surface area contributed by atoms with Gasteiger partial charge in [0.15, 0.2) is 5.78 Å². The van der Waals surface area contributed by atoms with Crippen LogP contribution in [0.3, 0.4) is 0 Å². The first-order valence-electron chi connectivity index (χ1n) is 16.7. The average Bonchev–Trinajstić information content (AvgIpc) is 3.41. The van der Waals surface area contributed by atoms with Crippen LogP contribution >= 0.6 is 24.2 Å². The molecule has 1 atom stereocenters. The lowest BCUT2D eigenvalue weighted by molar-refractivity contribution is -0.119. The first kappa shape index (κ1) is 40.2. The maximum atomic E-state index is 12.9. The molecular weight excluding hydrogens is 626 g/mol. The second kappa shape index (κ2) is 19.7. The number of benzene rings is 1. The number of nitrogens with zero attached hydrogens (tertiary/aromatic N) is 3. The maximum absolute atomic E-state index is 12.9. The maximum Gasteiger partial charge on any atom is 0.165 e. The van der Waals surface area contributed by atoms with Gasteiger partial charge in [-0.2, -0.15) is 17.7 Å². The van der Waals surface area contributed by atoms with Crippen molar-refractivity contribution in [1.82, 2.24) is 14.8 Å². The number of carbonyl (C=O) groups excluding carboxylic acids is 2. The van der Waals surface area contributed by atoms with E-state index in [0.717, 1.165) is 76.0 Å². The molecule has 3 heterocycles. The zero-order chi connectivity index (χ0) is 35.3. The van der Waals surface area contributed by atoms with Gasteiger partial charge in [0.2, 0.25) is 0 Å². The van der Waals surface area contributed by atoms with Crippen molar-refractivity contribution in [3.05, 3.63) is 99.1 Å². The average molecular weight is 680 g/mol. The van der Waals surface area contributed by atoms with Crippen molar-refractivity contribution in [2.45, 2.75) is 93.5 Å². The lowest BCUT2D eigenvalue weighted by atomic mass is 9.91. The highest BCUT2D eigenvalue weighted by atomic mass is 35.5. The summed E-state index contributed by atoms with van der Waals surface area (Å²) < 4.78 is 7.42. The molecule has 1 fully saturated rings. The minimum Gasteiger partial charge on any atom is -0.380 e. The summed E-state index contributed by atoms with van der Waals surface area (Å²) in [5.74, 6) is 1.08. The Bertz CT molecular complexity index is 1540. The smallest absolute Gasteiger partial charge is 0.165 e. The number of aryl methyl sites for hydroxylation is 1. The molecule has 0 aliphatic carbocycles. The number of hydrogen-bond acceptors (Lipinski definition) is 6. The fraction of sp³-hybridized carbons (Fsp3) is 0.487. The van der Waals surface area contributed by atoms with Crippen molar-refractivity contribution >= 4 is 41.4 Å². The number of ketones is 2. The number of rotatable bonds is 13. The molecule has 0 saturated carbocycles. The molecule has 4 rings (SSSR count). The van der Waals surface area contributed by atoms with E-state index in [0.29, 0.717) is 30.7 Å². The third-order valence-corrected chi connectivity index (χ3v) is 8.65. The molecule has 1 unspecified atom stereocenters. The van der Waals surface area contributed by atoms with Gasteiger partial charge in [0.25, 0.3) is 0 Å². The summed E-state index contributed by atoms with van der Waals surface area (Å²) in [6.07, 6.45) is 11.1. The van der Waals surface area contributed by atoms with Gasteiger partial charge in [0, 0.05) is 46.3 Å². The van der Waals surface area contributed by atoms with Gasteiger partial charge in [-0.25, -0.2) is 0 Å². The van der Waals surface area contributed by atoms with Gasteiger partial charge in [-0.05, 0) is 68.2 Å². The highest BCUT2D eigenvalue weighted by Gasteiger charge is 2.24. The molecule has 1 saturated heterocycles. The molecule has 256 valence electrons. The molecule has 0 radical (unpaired) electrons. The quantitative estimate of drug-likeness (QED) is 0.111. The molecule has 8 heteroatoms. The fourth-order valence-electron chi connectivity index (χ4n) is 5.00. The van der Waals surface area contributed by atoms with Crippen LogP contribution in [0.15, 0.2) is 54.9 Å². The van der Waals surface area contributed by atoms with Crippen molar-refractivity contribution in [2.75, 3.05) is 19.5 Å². The molecule has 6 nitrogen and oxygen atoms in total. The van der Waals surface area contributed by atoms with E-state index in [2.05, 4.69) is 56.8 Å². The number of carbonyl (C=O) groups is 2. The predicted octanol–water partition coefficient (Wildman–Crippen LogP) is 9.62. The molecule has 2 aromatic heterocycles. The van der Waals surface area contributed by atoms with Crippen LogP contribution in [0.5, 0.6) is 0 Å². The number of Topliss-reactive ketones (excluding diaryl/α,β-unsaturated/α-hetero) is 2. The van der Waals surface area contributed by atoms with E-state index in [-0.39, 0.29) is 23.4 Å². The Morgan fingerprint density at radius 3 is 2.23 bits per heavy atom. The van der Waals surface area contributed by atoms with Gasteiger partial charge in [-0.15, -0.1) is 0 Å². The fourth-order valence-corrected chi connectivity index (χ4v) is 5.27. The normalized spacial score (nSPS) is 13.6. The van der Waals surface area contributed by atoms with Crippen LogP contribution in [0.4, 0.5) is 0 Å². The van der Waals surface area contributed by atoms with E-state index in [1.807, 2.05) is 58.3 Å². The van der Waals surface area contributed by atoms with Gasteiger partial charge in [-0.1, -0.05) is 89.9 Å². The Balaban J connectivity index is 0.000000863. The molecule has 1 aliphatic rings. The van der Waals surface area contributed by atoms with Crippen LogP contribution in [0.1, 0.15) is 118 Å². The highest BCUT2D eigenvalue weighted by Crippen LogP contribution is 2.34. The van der Waals surface area contributed by atoms with Crippen LogP contribution in [-0.4, -0.2) is 45.8 Å². The number of allylic oxidation sites excluding steroid dienone is 2. The van der Waals surface area contributed by atoms with Crippen LogP contribution < -0.4 is 0 Å². The topological polar surface area (TPSA) is 74.1 Å². The molecule has 0 amide bonds. The van der Waals surface area contributed by atoms with Crippen molar-refractivity contribution in [1.29, 1.82) is 0 Å². The van der Waals surface area contributed by atoms with Crippen molar-refractivity contribution in [2.24, 2.45) is 11.8 Å². The third kappa shape index (κ3) is 11.0. The Labute approximate surface area is 293 Å². The van der Waals surface area contributed by atoms with Gasteiger partial charge in [0.05, 0.1) is 36.7 Å². The summed E-state index contributed by atoms with van der Waals surface area (Å²) in [5.41, 5.74) is 8.93. The Hall–Kier alpha value is -3.00. The monoisotopic (exact) mass is 679 g/mol. The SMILES string of the molecule is C=C(C)/C=C(\c1cnn(Cc2ccc(C(=O)C(C)CC)c(CC)c2)c1CCC)c1ncc(C2COC2)cc1Cl.CC(=O)C(C)C.CS. The largest absolute Gasteiger partial charge is 0.380 e. The standard InChI is InChI=1S/C33H40ClN3O2.C5H10O.CH4S/c1-7-10-31-29(28(13-21(4)5)32-30(34)15-25(16-35-32)26-19-39-20-26)17-36-37(31)18-23-11-12-27(24(9-3)14-23)33(38)22(6)8-2;1-4(2)5(3)6;1-2/h11-17,22,26H,4,7-10,18-20H2,1-3,5-6H3;4H,1-3H3;2H,1H3/b28-13+;;. The summed E-state index contributed by atoms with van der Waals surface area (Å²) in [7, 11) is 0. The Morgan fingerprint density at radius 2 is 1.74 bits per heavy atom. The lowest BCUT2D eigenvalue weighted by Crippen LogP contribution is -2.25. The second-order valence-electron chi connectivity index (χ2n) is 12.4. The summed E-state index contributed by atoms with van der Waals surface area (Å²) in [6.45, 7) is 21.9. The van der Waals surface area contributed by atoms with Gasteiger partial charge < -0.3 is 4.74 Å². The molecule has 0 bridgehead atoms. The minimum atomic E-state index is 0.0288. The number of pyridine rings is 1.